The Hall–Kier alpha value is -2.50. The number of hydrogen-bond donors (Lipinski definition) is 2. The minimum Gasteiger partial charge on any atom is -0.497 e. The number of aliphatic imine (C=N–C) groups is 1. The predicted molar refractivity (Wildman–Crippen MR) is 100 cm³/mol. The monoisotopic (exact) mass is 341 g/mol. The minimum atomic E-state index is 0.461. The fraction of sp³-hybridized carbons (Fsp3) is 0.474. The number of hydrogen-bond acceptors (Lipinski definition) is 3. The average molecular weight is 341 g/mol. The summed E-state index contributed by atoms with van der Waals surface area (Å²) in [5.74, 6) is 1.35. The Morgan fingerprint density at radius 3 is 2.60 bits per heavy atom. The van der Waals surface area contributed by atoms with Crippen LogP contribution in [0.5, 0.6) is 5.75 Å². The molecule has 1 aromatic carbocycles. The highest BCUT2D eigenvalue weighted by molar-refractivity contribution is 5.78. The van der Waals surface area contributed by atoms with Crippen LogP contribution >= 0.6 is 0 Å². The van der Waals surface area contributed by atoms with E-state index in [4.69, 9.17) is 10.5 Å². The molecule has 0 unspecified atom stereocenters. The summed E-state index contributed by atoms with van der Waals surface area (Å²) in [6.45, 7) is 0.481. The van der Waals surface area contributed by atoms with Crippen LogP contribution in [-0.2, 0) is 6.54 Å². The van der Waals surface area contributed by atoms with Crippen LogP contribution in [0, 0.1) is 0 Å². The molecule has 0 atom stereocenters. The standard InChI is InChI=1S/C19H27N5O/c1-25-18-10-8-17(9-11-18)24-13-12-16(23-24)14-21-19(20)22-15-6-4-2-3-5-7-15/h8-13,15H,2-7,14H2,1H3,(H3,20,21,22). The second kappa shape index (κ2) is 8.55. The Labute approximate surface area is 149 Å². The summed E-state index contributed by atoms with van der Waals surface area (Å²) < 4.78 is 7.01. The van der Waals surface area contributed by atoms with Crippen LogP contribution in [0.3, 0.4) is 0 Å². The second-order valence-corrected chi connectivity index (χ2v) is 6.48. The van der Waals surface area contributed by atoms with Gasteiger partial charge in [0, 0.05) is 12.2 Å². The van der Waals surface area contributed by atoms with Gasteiger partial charge in [-0.3, -0.25) is 0 Å². The molecule has 0 aliphatic heterocycles. The van der Waals surface area contributed by atoms with E-state index in [0.717, 1.165) is 17.1 Å². The van der Waals surface area contributed by atoms with Crippen molar-refractivity contribution in [2.45, 2.75) is 51.1 Å². The Bertz CT molecular complexity index is 684. The van der Waals surface area contributed by atoms with Crippen LogP contribution in [0.4, 0.5) is 0 Å². The molecular formula is C19H27N5O. The lowest BCUT2D eigenvalue weighted by Crippen LogP contribution is -2.39. The fourth-order valence-corrected chi connectivity index (χ4v) is 3.17. The molecule has 6 heteroatoms. The zero-order valence-electron chi connectivity index (χ0n) is 14.8. The molecule has 1 aliphatic rings. The quantitative estimate of drug-likeness (QED) is 0.498. The van der Waals surface area contributed by atoms with E-state index in [0.29, 0.717) is 18.5 Å². The molecule has 1 saturated carbocycles. The zero-order valence-corrected chi connectivity index (χ0v) is 14.8. The van der Waals surface area contributed by atoms with E-state index in [1.807, 2.05) is 41.2 Å². The number of benzene rings is 1. The SMILES string of the molecule is COc1ccc(-n2ccc(CN=C(N)NC3CCCCCC3)n2)cc1. The number of aromatic nitrogens is 2. The lowest BCUT2D eigenvalue weighted by atomic mass is 10.1. The van der Waals surface area contributed by atoms with Gasteiger partial charge in [-0.05, 0) is 43.2 Å². The van der Waals surface area contributed by atoms with E-state index < -0.39 is 0 Å². The first kappa shape index (κ1) is 17.3. The highest BCUT2D eigenvalue weighted by Gasteiger charge is 2.12. The summed E-state index contributed by atoms with van der Waals surface area (Å²) in [6, 6.07) is 10.2. The average Bonchev–Trinajstić information content (AvgIpc) is 2.97. The maximum absolute atomic E-state index is 6.04. The van der Waals surface area contributed by atoms with Crippen molar-refractivity contribution < 1.29 is 4.74 Å². The molecule has 1 aliphatic carbocycles. The number of methoxy groups -OCH3 is 1. The van der Waals surface area contributed by atoms with Gasteiger partial charge >= 0.3 is 0 Å². The van der Waals surface area contributed by atoms with E-state index in [1.165, 1.54) is 38.5 Å². The summed E-state index contributed by atoms with van der Waals surface area (Å²) >= 11 is 0. The smallest absolute Gasteiger partial charge is 0.189 e. The van der Waals surface area contributed by atoms with Gasteiger partial charge in [0.1, 0.15) is 5.75 Å². The Balaban J connectivity index is 1.56. The number of rotatable bonds is 5. The molecule has 1 fully saturated rings. The van der Waals surface area contributed by atoms with Crippen LogP contribution in [0.25, 0.3) is 5.69 Å². The first-order chi connectivity index (χ1) is 12.2. The van der Waals surface area contributed by atoms with Crippen molar-refractivity contribution in [2.24, 2.45) is 10.7 Å². The highest BCUT2D eigenvalue weighted by Crippen LogP contribution is 2.17. The summed E-state index contributed by atoms with van der Waals surface area (Å²) in [5, 5.41) is 7.91. The molecule has 2 aromatic rings. The van der Waals surface area contributed by atoms with Crippen molar-refractivity contribution in [3.63, 3.8) is 0 Å². The van der Waals surface area contributed by atoms with Gasteiger partial charge < -0.3 is 15.8 Å². The van der Waals surface area contributed by atoms with Gasteiger partial charge in [-0.25, -0.2) is 9.67 Å². The number of nitrogens with two attached hydrogens (primary N) is 1. The molecule has 1 heterocycles. The van der Waals surface area contributed by atoms with Crippen molar-refractivity contribution in [2.75, 3.05) is 7.11 Å². The maximum Gasteiger partial charge on any atom is 0.189 e. The van der Waals surface area contributed by atoms with Gasteiger partial charge in [-0.15, -0.1) is 0 Å². The van der Waals surface area contributed by atoms with Crippen molar-refractivity contribution in [3.8, 4) is 11.4 Å². The lowest BCUT2D eigenvalue weighted by Gasteiger charge is -2.16. The largest absolute Gasteiger partial charge is 0.497 e. The molecule has 134 valence electrons. The number of guanidine groups is 1. The third kappa shape index (κ3) is 4.98. The second-order valence-electron chi connectivity index (χ2n) is 6.48. The lowest BCUT2D eigenvalue weighted by molar-refractivity contribution is 0.414. The molecule has 0 saturated heterocycles. The molecule has 3 N–H and O–H groups in total. The summed E-state index contributed by atoms with van der Waals surface area (Å²) in [6.07, 6.45) is 9.51. The van der Waals surface area contributed by atoms with Crippen molar-refractivity contribution in [3.05, 3.63) is 42.2 Å². The van der Waals surface area contributed by atoms with Crippen molar-refractivity contribution in [1.82, 2.24) is 15.1 Å². The molecule has 6 nitrogen and oxygen atoms in total. The summed E-state index contributed by atoms with van der Waals surface area (Å²) in [4.78, 5) is 4.44. The number of ether oxygens (including phenoxy) is 1. The first-order valence-corrected chi connectivity index (χ1v) is 9.00. The Morgan fingerprint density at radius 2 is 1.92 bits per heavy atom. The van der Waals surface area contributed by atoms with Gasteiger partial charge in [0.25, 0.3) is 0 Å². The molecule has 0 radical (unpaired) electrons. The third-order valence-corrected chi connectivity index (χ3v) is 4.60. The van der Waals surface area contributed by atoms with Crippen LogP contribution in [-0.4, -0.2) is 28.9 Å². The van der Waals surface area contributed by atoms with Crippen LogP contribution in [0.2, 0.25) is 0 Å². The zero-order chi connectivity index (χ0) is 17.5. The fourth-order valence-electron chi connectivity index (χ4n) is 3.17. The normalized spacial score (nSPS) is 16.4. The Morgan fingerprint density at radius 1 is 1.20 bits per heavy atom. The number of nitrogens with one attached hydrogen (secondary N) is 1. The van der Waals surface area contributed by atoms with Gasteiger partial charge in [-0.1, -0.05) is 25.7 Å². The van der Waals surface area contributed by atoms with E-state index in [1.54, 1.807) is 7.11 Å². The van der Waals surface area contributed by atoms with Crippen molar-refractivity contribution >= 4 is 5.96 Å². The van der Waals surface area contributed by atoms with Gasteiger partial charge in [0.05, 0.1) is 25.0 Å². The molecule has 0 spiro atoms. The van der Waals surface area contributed by atoms with Gasteiger partial charge in [0.2, 0.25) is 0 Å². The van der Waals surface area contributed by atoms with Crippen LogP contribution in [0.1, 0.15) is 44.2 Å². The molecule has 1 aromatic heterocycles. The van der Waals surface area contributed by atoms with E-state index in [9.17, 15) is 0 Å². The molecule has 0 amide bonds. The first-order valence-electron chi connectivity index (χ1n) is 9.00. The minimum absolute atomic E-state index is 0.461. The van der Waals surface area contributed by atoms with Gasteiger partial charge in [-0.2, -0.15) is 5.10 Å². The summed E-state index contributed by atoms with van der Waals surface area (Å²) in [7, 11) is 1.66. The number of nitrogens with zero attached hydrogens (tertiary/aromatic N) is 3. The molecule has 3 rings (SSSR count). The van der Waals surface area contributed by atoms with E-state index in [-0.39, 0.29) is 0 Å². The molecular weight excluding hydrogens is 314 g/mol. The van der Waals surface area contributed by atoms with Crippen molar-refractivity contribution in [1.29, 1.82) is 0 Å². The van der Waals surface area contributed by atoms with E-state index in [2.05, 4.69) is 15.4 Å². The van der Waals surface area contributed by atoms with Gasteiger partial charge in [0.15, 0.2) is 5.96 Å². The third-order valence-electron chi connectivity index (χ3n) is 4.60. The van der Waals surface area contributed by atoms with Crippen LogP contribution < -0.4 is 15.8 Å². The highest BCUT2D eigenvalue weighted by atomic mass is 16.5. The summed E-state index contributed by atoms with van der Waals surface area (Å²) in [5.41, 5.74) is 7.92. The molecule has 0 bridgehead atoms. The predicted octanol–water partition coefficient (Wildman–Crippen LogP) is 3.01. The van der Waals surface area contributed by atoms with E-state index >= 15 is 0 Å². The maximum atomic E-state index is 6.04. The molecule has 25 heavy (non-hydrogen) atoms. The van der Waals surface area contributed by atoms with Crippen LogP contribution in [0.15, 0.2) is 41.5 Å². The topological polar surface area (TPSA) is 77.5 Å². The Kier molecular flexibility index (Phi) is 5.93.